The van der Waals surface area contributed by atoms with Crippen LogP contribution in [-0.4, -0.2) is 29.7 Å². The highest BCUT2D eigenvalue weighted by Gasteiger charge is 2.09. The number of methoxy groups -OCH3 is 1. The number of rotatable bonds is 6. The van der Waals surface area contributed by atoms with Crippen LogP contribution in [0.15, 0.2) is 12.5 Å². The van der Waals surface area contributed by atoms with Crippen molar-refractivity contribution in [1.29, 1.82) is 0 Å². The van der Waals surface area contributed by atoms with E-state index in [4.69, 9.17) is 4.74 Å². The second kappa shape index (κ2) is 6.95. The average Bonchev–Trinajstić information content (AvgIpc) is 2.22. The molecule has 0 aromatic carbocycles. The number of ether oxygens (including phenoxy) is 1. The zero-order valence-corrected chi connectivity index (χ0v) is 11.2. The molecule has 0 bridgehead atoms. The molecule has 0 aliphatic rings. The summed E-state index contributed by atoms with van der Waals surface area (Å²) >= 11 is 2.22. The van der Waals surface area contributed by atoms with E-state index in [-0.39, 0.29) is 0 Å². The third-order valence-electron chi connectivity index (χ3n) is 2.01. The van der Waals surface area contributed by atoms with Crippen LogP contribution in [0.2, 0.25) is 0 Å². The average molecular weight is 321 g/mol. The minimum atomic E-state index is 0.323. The van der Waals surface area contributed by atoms with Crippen molar-refractivity contribution in [1.82, 2.24) is 9.97 Å². The second-order valence-electron chi connectivity index (χ2n) is 3.30. The summed E-state index contributed by atoms with van der Waals surface area (Å²) < 4.78 is 6.19. The first kappa shape index (κ1) is 12.6. The maximum absolute atomic E-state index is 5.16. The molecule has 0 saturated heterocycles. The van der Waals surface area contributed by atoms with Crippen LogP contribution in [-0.2, 0) is 4.74 Å². The molecule has 1 unspecified atom stereocenters. The van der Waals surface area contributed by atoms with E-state index in [0.29, 0.717) is 12.6 Å². The zero-order chi connectivity index (χ0) is 11.1. The van der Waals surface area contributed by atoms with Crippen LogP contribution >= 0.6 is 22.6 Å². The minimum absolute atomic E-state index is 0.323. The van der Waals surface area contributed by atoms with Gasteiger partial charge in [-0.05, 0) is 29.0 Å². The van der Waals surface area contributed by atoms with Crippen molar-refractivity contribution in [3.05, 3.63) is 16.1 Å². The predicted octanol–water partition coefficient (Wildman–Crippen LogP) is 2.31. The number of aromatic nitrogens is 2. The van der Waals surface area contributed by atoms with Gasteiger partial charge in [-0.15, -0.1) is 0 Å². The lowest BCUT2D eigenvalue weighted by Gasteiger charge is -2.18. The van der Waals surface area contributed by atoms with Crippen molar-refractivity contribution < 1.29 is 4.74 Å². The highest BCUT2D eigenvalue weighted by molar-refractivity contribution is 14.1. The Kier molecular flexibility index (Phi) is 5.85. The molecule has 1 atom stereocenters. The van der Waals surface area contributed by atoms with Gasteiger partial charge in [-0.2, -0.15) is 0 Å². The Hall–Kier alpha value is -0.430. The fourth-order valence-corrected chi connectivity index (χ4v) is 1.81. The van der Waals surface area contributed by atoms with E-state index in [1.54, 1.807) is 19.6 Å². The zero-order valence-electron chi connectivity index (χ0n) is 9.03. The third kappa shape index (κ3) is 4.29. The number of anilines is 1. The van der Waals surface area contributed by atoms with Gasteiger partial charge in [0.15, 0.2) is 0 Å². The molecule has 1 aromatic rings. The summed E-state index contributed by atoms with van der Waals surface area (Å²) in [6, 6.07) is 0.323. The maximum Gasteiger partial charge on any atom is 0.143 e. The molecule has 15 heavy (non-hydrogen) atoms. The lowest BCUT2D eigenvalue weighted by atomic mass is 10.2. The maximum atomic E-state index is 5.16. The summed E-state index contributed by atoms with van der Waals surface area (Å²) in [6.07, 6.45) is 5.56. The van der Waals surface area contributed by atoms with Gasteiger partial charge in [0.05, 0.1) is 16.2 Å². The molecular formula is C10H16IN3O. The van der Waals surface area contributed by atoms with Gasteiger partial charge < -0.3 is 10.1 Å². The molecule has 1 aromatic heterocycles. The van der Waals surface area contributed by atoms with Gasteiger partial charge in [-0.25, -0.2) is 9.97 Å². The van der Waals surface area contributed by atoms with Gasteiger partial charge in [0.1, 0.15) is 12.1 Å². The summed E-state index contributed by atoms with van der Waals surface area (Å²) in [4.78, 5) is 8.15. The molecule has 0 radical (unpaired) electrons. The van der Waals surface area contributed by atoms with Gasteiger partial charge >= 0.3 is 0 Å². The third-order valence-corrected chi connectivity index (χ3v) is 2.80. The van der Waals surface area contributed by atoms with E-state index in [9.17, 15) is 0 Å². The molecule has 84 valence electrons. The summed E-state index contributed by atoms with van der Waals surface area (Å²) in [5.41, 5.74) is 0. The number of hydrogen-bond acceptors (Lipinski definition) is 4. The van der Waals surface area contributed by atoms with Gasteiger partial charge in [0.25, 0.3) is 0 Å². The highest BCUT2D eigenvalue weighted by atomic mass is 127. The van der Waals surface area contributed by atoms with Crippen LogP contribution in [0.4, 0.5) is 5.82 Å². The van der Waals surface area contributed by atoms with Crippen LogP contribution in [0, 0.1) is 3.57 Å². The summed E-state index contributed by atoms with van der Waals surface area (Å²) in [7, 11) is 1.72. The number of halogens is 1. The van der Waals surface area contributed by atoms with Crippen LogP contribution in [0.1, 0.15) is 19.8 Å². The first-order valence-corrected chi connectivity index (χ1v) is 6.06. The normalized spacial score (nSPS) is 12.5. The Labute approximate surface area is 104 Å². The van der Waals surface area contributed by atoms with Crippen LogP contribution < -0.4 is 5.32 Å². The molecule has 0 spiro atoms. The Morgan fingerprint density at radius 3 is 3.00 bits per heavy atom. The first-order valence-electron chi connectivity index (χ1n) is 4.99. The lowest BCUT2D eigenvalue weighted by molar-refractivity contribution is 0.182. The molecule has 4 nitrogen and oxygen atoms in total. The molecule has 0 amide bonds. The molecule has 0 aliphatic heterocycles. The van der Waals surface area contributed by atoms with E-state index in [0.717, 1.165) is 22.2 Å². The van der Waals surface area contributed by atoms with Crippen molar-refractivity contribution in [2.24, 2.45) is 0 Å². The molecule has 0 saturated carbocycles. The predicted molar refractivity (Wildman–Crippen MR) is 68.9 cm³/mol. The second-order valence-corrected chi connectivity index (χ2v) is 4.47. The van der Waals surface area contributed by atoms with E-state index in [2.05, 4.69) is 44.8 Å². The Balaban J connectivity index is 2.60. The molecule has 1 heterocycles. The molecule has 5 heteroatoms. The van der Waals surface area contributed by atoms with Crippen molar-refractivity contribution in [2.75, 3.05) is 19.0 Å². The molecule has 1 N–H and O–H groups in total. The standard InChI is InChI=1S/C10H16IN3O/c1-3-4-8(6-15-2)14-10-9(11)5-12-7-13-10/h5,7-8H,3-4,6H2,1-2H3,(H,12,13,14). The van der Waals surface area contributed by atoms with Crippen molar-refractivity contribution in [3.8, 4) is 0 Å². The van der Waals surface area contributed by atoms with Crippen molar-refractivity contribution in [2.45, 2.75) is 25.8 Å². The van der Waals surface area contributed by atoms with Gasteiger partial charge in [0.2, 0.25) is 0 Å². The molecular weight excluding hydrogens is 305 g/mol. The van der Waals surface area contributed by atoms with E-state index in [1.165, 1.54) is 0 Å². The topological polar surface area (TPSA) is 47.0 Å². The monoisotopic (exact) mass is 321 g/mol. The number of nitrogens with zero attached hydrogens (tertiary/aromatic N) is 2. The fourth-order valence-electron chi connectivity index (χ4n) is 1.36. The largest absolute Gasteiger partial charge is 0.383 e. The van der Waals surface area contributed by atoms with E-state index < -0.39 is 0 Å². The Morgan fingerprint density at radius 2 is 2.40 bits per heavy atom. The Morgan fingerprint density at radius 1 is 1.60 bits per heavy atom. The minimum Gasteiger partial charge on any atom is -0.383 e. The number of hydrogen-bond donors (Lipinski definition) is 1. The van der Waals surface area contributed by atoms with Crippen molar-refractivity contribution >= 4 is 28.4 Å². The van der Waals surface area contributed by atoms with E-state index in [1.807, 2.05) is 0 Å². The number of nitrogens with one attached hydrogen (secondary N) is 1. The summed E-state index contributed by atoms with van der Waals surface area (Å²) in [6.45, 7) is 2.86. The van der Waals surface area contributed by atoms with Gasteiger partial charge in [-0.1, -0.05) is 13.3 Å². The SMILES string of the molecule is CCCC(COC)Nc1ncncc1I. The highest BCUT2D eigenvalue weighted by Crippen LogP contribution is 2.15. The fraction of sp³-hybridized carbons (Fsp3) is 0.600. The Bertz CT molecular complexity index is 290. The first-order chi connectivity index (χ1) is 7.27. The lowest BCUT2D eigenvalue weighted by Crippen LogP contribution is -2.25. The quantitative estimate of drug-likeness (QED) is 0.817. The van der Waals surface area contributed by atoms with Gasteiger partial charge in [0, 0.05) is 13.3 Å². The van der Waals surface area contributed by atoms with Crippen LogP contribution in [0.5, 0.6) is 0 Å². The van der Waals surface area contributed by atoms with Crippen LogP contribution in [0.3, 0.4) is 0 Å². The molecule has 0 aliphatic carbocycles. The van der Waals surface area contributed by atoms with Gasteiger partial charge in [-0.3, -0.25) is 0 Å². The summed E-state index contributed by atoms with van der Waals surface area (Å²) in [5, 5.41) is 3.37. The van der Waals surface area contributed by atoms with Crippen LogP contribution in [0.25, 0.3) is 0 Å². The smallest absolute Gasteiger partial charge is 0.143 e. The summed E-state index contributed by atoms with van der Waals surface area (Å²) in [5.74, 6) is 0.890. The van der Waals surface area contributed by atoms with E-state index >= 15 is 0 Å². The molecule has 0 fully saturated rings. The molecule has 1 rings (SSSR count). The van der Waals surface area contributed by atoms with Crippen molar-refractivity contribution in [3.63, 3.8) is 0 Å².